The fourth-order valence-electron chi connectivity index (χ4n) is 2.15. The molecule has 1 saturated heterocycles. The Hall–Kier alpha value is -1.00. The zero-order valence-electron chi connectivity index (χ0n) is 13.2. The van der Waals surface area contributed by atoms with Crippen LogP contribution in [0.15, 0.2) is 15.7 Å². The van der Waals surface area contributed by atoms with Crippen LogP contribution in [-0.4, -0.2) is 64.6 Å². The van der Waals surface area contributed by atoms with Crippen molar-refractivity contribution in [2.75, 3.05) is 45.9 Å². The number of thiophene rings is 1. The maximum atomic E-state index is 12.5. The van der Waals surface area contributed by atoms with E-state index in [1.165, 1.54) is 10.4 Å². The van der Waals surface area contributed by atoms with E-state index in [9.17, 15) is 13.2 Å². The molecule has 130 valence electrons. The first-order valence-electron chi connectivity index (χ1n) is 7.71. The summed E-state index contributed by atoms with van der Waals surface area (Å²) in [5.41, 5.74) is 0.386. The number of nitrogens with zero attached hydrogens (tertiary/aromatic N) is 1. The van der Waals surface area contributed by atoms with Crippen LogP contribution in [0.5, 0.6) is 0 Å². The minimum absolute atomic E-state index is 0.202. The molecule has 1 aliphatic heterocycles. The van der Waals surface area contributed by atoms with Gasteiger partial charge in [0, 0.05) is 31.6 Å². The molecule has 0 atom stereocenters. The summed E-state index contributed by atoms with van der Waals surface area (Å²) >= 11 is 1.08. The van der Waals surface area contributed by atoms with Crippen LogP contribution in [0, 0.1) is 0 Å². The van der Waals surface area contributed by atoms with Crippen molar-refractivity contribution in [1.29, 1.82) is 0 Å². The van der Waals surface area contributed by atoms with E-state index in [2.05, 4.69) is 17.6 Å². The second-order valence-electron chi connectivity index (χ2n) is 5.18. The van der Waals surface area contributed by atoms with Crippen molar-refractivity contribution in [3.8, 4) is 0 Å². The van der Waals surface area contributed by atoms with Gasteiger partial charge in [-0.25, -0.2) is 8.42 Å². The lowest BCUT2D eigenvalue weighted by atomic mass is 10.3. The van der Waals surface area contributed by atoms with Gasteiger partial charge in [-0.2, -0.15) is 4.31 Å². The van der Waals surface area contributed by atoms with Gasteiger partial charge in [0.25, 0.3) is 15.9 Å². The van der Waals surface area contributed by atoms with Gasteiger partial charge in [0.1, 0.15) is 4.21 Å². The van der Waals surface area contributed by atoms with Crippen LogP contribution in [0.3, 0.4) is 0 Å². The van der Waals surface area contributed by atoms with Gasteiger partial charge in [-0.05, 0) is 19.0 Å². The third-order valence-corrected chi connectivity index (χ3v) is 6.73. The van der Waals surface area contributed by atoms with Gasteiger partial charge in [0.2, 0.25) is 0 Å². The Balaban J connectivity index is 1.92. The van der Waals surface area contributed by atoms with Crippen LogP contribution in [-0.2, 0) is 14.8 Å². The van der Waals surface area contributed by atoms with Crippen LogP contribution < -0.4 is 10.6 Å². The zero-order chi connectivity index (χ0) is 16.7. The van der Waals surface area contributed by atoms with Gasteiger partial charge < -0.3 is 15.4 Å². The minimum atomic E-state index is -3.53. The molecule has 1 fully saturated rings. The number of hydrogen-bond donors (Lipinski definition) is 2. The summed E-state index contributed by atoms with van der Waals surface area (Å²) in [7, 11) is -3.53. The van der Waals surface area contributed by atoms with Crippen molar-refractivity contribution in [2.45, 2.75) is 17.6 Å². The van der Waals surface area contributed by atoms with Crippen LogP contribution in [0.4, 0.5) is 0 Å². The van der Waals surface area contributed by atoms with Crippen LogP contribution >= 0.6 is 11.3 Å². The summed E-state index contributed by atoms with van der Waals surface area (Å²) in [5, 5.41) is 7.55. The summed E-state index contributed by atoms with van der Waals surface area (Å²) in [6, 6.07) is 1.45. The van der Waals surface area contributed by atoms with Crippen molar-refractivity contribution in [2.24, 2.45) is 0 Å². The molecule has 9 heteroatoms. The van der Waals surface area contributed by atoms with Crippen LogP contribution in [0.2, 0.25) is 0 Å². The lowest BCUT2D eigenvalue weighted by Gasteiger charge is -2.25. The largest absolute Gasteiger partial charge is 0.379 e. The molecule has 0 unspecified atom stereocenters. The van der Waals surface area contributed by atoms with Crippen molar-refractivity contribution >= 4 is 27.3 Å². The maximum absolute atomic E-state index is 12.5. The van der Waals surface area contributed by atoms with E-state index < -0.39 is 10.0 Å². The molecule has 0 aromatic carbocycles. The summed E-state index contributed by atoms with van der Waals surface area (Å²) in [5.74, 6) is -0.247. The Morgan fingerprint density at radius 3 is 2.74 bits per heavy atom. The molecule has 0 spiro atoms. The maximum Gasteiger partial charge on any atom is 0.252 e. The molecule has 0 saturated carbocycles. The molecule has 1 aliphatic rings. The molecule has 2 rings (SSSR count). The highest BCUT2D eigenvalue weighted by Crippen LogP contribution is 2.24. The fourth-order valence-corrected chi connectivity index (χ4v) is 4.87. The van der Waals surface area contributed by atoms with Gasteiger partial charge in [-0.1, -0.05) is 6.92 Å². The normalized spacial score (nSPS) is 16.4. The fraction of sp³-hybridized carbons (Fsp3) is 0.643. The summed E-state index contributed by atoms with van der Waals surface area (Å²) in [6.45, 7) is 5.72. The lowest BCUT2D eigenvalue weighted by Crippen LogP contribution is -2.40. The average molecular weight is 361 g/mol. The third-order valence-electron chi connectivity index (χ3n) is 3.42. The Morgan fingerprint density at radius 1 is 1.30 bits per heavy atom. The highest BCUT2D eigenvalue weighted by atomic mass is 32.2. The number of ether oxygens (including phenoxy) is 1. The molecule has 2 N–H and O–H groups in total. The van der Waals surface area contributed by atoms with Crippen LogP contribution in [0.1, 0.15) is 23.7 Å². The van der Waals surface area contributed by atoms with E-state index in [1.807, 2.05) is 0 Å². The molecular formula is C14H23N3O4S2. The van der Waals surface area contributed by atoms with Crippen LogP contribution in [0.25, 0.3) is 0 Å². The molecule has 7 nitrogen and oxygen atoms in total. The Kier molecular flexibility index (Phi) is 6.97. The number of hydrogen-bond acceptors (Lipinski definition) is 6. The monoisotopic (exact) mass is 361 g/mol. The molecule has 2 heterocycles. The molecule has 0 bridgehead atoms. The summed E-state index contributed by atoms with van der Waals surface area (Å²) in [6.07, 6.45) is 1.04. The van der Waals surface area contributed by atoms with E-state index in [-0.39, 0.29) is 10.1 Å². The Bertz CT molecular complexity index is 609. The third kappa shape index (κ3) is 4.98. The first-order chi connectivity index (χ1) is 11.1. The van der Waals surface area contributed by atoms with Crippen molar-refractivity contribution in [3.63, 3.8) is 0 Å². The number of carbonyl (C=O) groups excluding carboxylic acids is 1. The number of rotatable bonds is 8. The highest BCUT2D eigenvalue weighted by molar-refractivity contribution is 7.91. The van der Waals surface area contributed by atoms with E-state index >= 15 is 0 Å². The number of carbonyl (C=O) groups is 1. The Morgan fingerprint density at radius 2 is 2.04 bits per heavy atom. The number of sulfonamides is 1. The van der Waals surface area contributed by atoms with Gasteiger partial charge >= 0.3 is 0 Å². The van der Waals surface area contributed by atoms with E-state index in [0.29, 0.717) is 45.0 Å². The van der Waals surface area contributed by atoms with Gasteiger partial charge in [0.15, 0.2) is 0 Å². The molecule has 1 aromatic rings. The van der Waals surface area contributed by atoms with Gasteiger partial charge in [-0.3, -0.25) is 4.79 Å². The van der Waals surface area contributed by atoms with Gasteiger partial charge in [-0.15, -0.1) is 11.3 Å². The topological polar surface area (TPSA) is 87.7 Å². The standard InChI is InChI=1S/C14H23N3O4S2/c1-2-3-15-4-5-16-14(18)12-10-13(22-11-12)23(19,20)17-6-8-21-9-7-17/h10-11,15H,2-9H2,1H3,(H,16,18). The Labute approximate surface area is 141 Å². The number of nitrogens with one attached hydrogen (secondary N) is 2. The minimum Gasteiger partial charge on any atom is -0.379 e. The first-order valence-corrected chi connectivity index (χ1v) is 10.0. The van der Waals surface area contributed by atoms with Crippen molar-refractivity contribution in [1.82, 2.24) is 14.9 Å². The summed E-state index contributed by atoms with van der Waals surface area (Å²) < 4.78 is 31.8. The molecular weight excluding hydrogens is 338 g/mol. The predicted molar refractivity (Wildman–Crippen MR) is 89.4 cm³/mol. The zero-order valence-corrected chi connectivity index (χ0v) is 14.8. The lowest BCUT2D eigenvalue weighted by molar-refractivity contribution is 0.0731. The smallest absolute Gasteiger partial charge is 0.252 e. The first kappa shape index (κ1) is 18.3. The highest BCUT2D eigenvalue weighted by Gasteiger charge is 2.28. The molecule has 1 aromatic heterocycles. The average Bonchev–Trinajstić information content (AvgIpc) is 3.06. The molecule has 23 heavy (non-hydrogen) atoms. The molecule has 0 radical (unpaired) electrons. The quantitative estimate of drug-likeness (QED) is 0.659. The second-order valence-corrected chi connectivity index (χ2v) is 8.25. The van der Waals surface area contributed by atoms with Gasteiger partial charge in [0.05, 0.1) is 18.8 Å². The van der Waals surface area contributed by atoms with E-state index in [1.54, 1.807) is 5.38 Å². The molecule has 0 aliphatic carbocycles. The van der Waals surface area contributed by atoms with Crippen molar-refractivity contribution < 1.29 is 17.9 Å². The summed E-state index contributed by atoms with van der Waals surface area (Å²) in [4.78, 5) is 12.0. The number of amides is 1. The van der Waals surface area contributed by atoms with E-state index in [4.69, 9.17) is 4.74 Å². The van der Waals surface area contributed by atoms with E-state index in [0.717, 1.165) is 24.3 Å². The second kappa shape index (κ2) is 8.74. The molecule has 1 amide bonds. The van der Waals surface area contributed by atoms with Crippen molar-refractivity contribution in [3.05, 3.63) is 17.0 Å². The SMILES string of the molecule is CCCNCCNC(=O)c1csc(S(=O)(=O)N2CCOCC2)c1. The number of morpholine rings is 1. The predicted octanol–water partition coefficient (Wildman–Crippen LogP) is 0.498.